The van der Waals surface area contributed by atoms with E-state index in [1.165, 1.54) is 49.8 Å². The van der Waals surface area contributed by atoms with Crippen molar-refractivity contribution in [3.05, 3.63) is 64.7 Å². The molecule has 1 amide bonds. The van der Waals surface area contributed by atoms with E-state index >= 15 is 0 Å². The van der Waals surface area contributed by atoms with Crippen molar-refractivity contribution in [2.45, 2.75) is 76.8 Å². The molecule has 2 aromatic carbocycles. The van der Waals surface area contributed by atoms with E-state index in [4.69, 9.17) is 4.74 Å². The summed E-state index contributed by atoms with van der Waals surface area (Å²) in [5.74, 6) is 1.56. The molecule has 0 unspecified atom stereocenters. The number of hydrogen-bond acceptors (Lipinski definition) is 4. The summed E-state index contributed by atoms with van der Waals surface area (Å²) in [7, 11) is 0. The van der Waals surface area contributed by atoms with Crippen LogP contribution in [0.4, 0.5) is 0 Å². The highest BCUT2D eigenvalue weighted by molar-refractivity contribution is 5.94. The van der Waals surface area contributed by atoms with Crippen LogP contribution in [0.3, 0.4) is 0 Å². The average molecular weight is 491 g/mol. The van der Waals surface area contributed by atoms with E-state index in [2.05, 4.69) is 35.2 Å². The van der Waals surface area contributed by atoms with E-state index in [0.717, 1.165) is 81.3 Å². The van der Waals surface area contributed by atoms with E-state index in [9.17, 15) is 9.90 Å². The van der Waals surface area contributed by atoms with Gasteiger partial charge in [-0.25, -0.2) is 0 Å². The second-order valence-corrected chi connectivity index (χ2v) is 11.0. The zero-order chi connectivity index (χ0) is 24.7. The van der Waals surface area contributed by atoms with Gasteiger partial charge >= 0.3 is 0 Å². The molecule has 3 aliphatic rings. The minimum absolute atomic E-state index is 0.115. The second-order valence-electron chi connectivity index (χ2n) is 11.0. The maximum Gasteiger partial charge on any atom is 0.253 e. The SMILES string of the molecule is O=C(c1ccc2c(c1)Cc1cccc(c1)CN(C1CCC1)CCCCCO2)N1CCC(CCO)CC1. The van der Waals surface area contributed by atoms with Crippen molar-refractivity contribution in [2.75, 3.05) is 32.8 Å². The Morgan fingerprint density at radius 3 is 2.53 bits per heavy atom. The Bertz CT molecular complexity index is 1010. The van der Waals surface area contributed by atoms with Crippen LogP contribution in [0, 0.1) is 5.92 Å². The van der Waals surface area contributed by atoms with Crippen LogP contribution < -0.4 is 4.74 Å². The molecule has 194 valence electrons. The number of ether oxygens (including phenoxy) is 1. The van der Waals surface area contributed by atoms with Crippen molar-refractivity contribution in [2.24, 2.45) is 5.92 Å². The first-order valence-electron chi connectivity index (χ1n) is 14.2. The van der Waals surface area contributed by atoms with Gasteiger partial charge in [0.15, 0.2) is 0 Å². The Morgan fingerprint density at radius 2 is 1.75 bits per heavy atom. The van der Waals surface area contributed by atoms with Gasteiger partial charge in [0.25, 0.3) is 5.91 Å². The van der Waals surface area contributed by atoms with Crippen LogP contribution in [0.5, 0.6) is 5.75 Å². The van der Waals surface area contributed by atoms with E-state index in [1.807, 2.05) is 17.0 Å². The number of amides is 1. The van der Waals surface area contributed by atoms with E-state index in [1.54, 1.807) is 0 Å². The molecule has 36 heavy (non-hydrogen) atoms. The third kappa shape index (κ3) is 6.30. The highest BCUT2D eigenvalue weighted by Crippen LogP contribution is 2.29. The lowest BCUT2D eigenvalue weighted by atomic mass is 9.90. The summed E-state index contributed by atoms with van der Waals surface area (Å²) in [5, 5.41) is 9.23. The first-order valence-corrected chi connectivity index (χ1v) is 14.2. The van der Waals surface area contributed by atoms with Gasteiger partial charge in [-0.3, -0.25) is 9.69 Å². The summed E-state index contributed by atoms with van der Waals surface area (Å²) in [6.07, 6.45) is 11.1. The standard InChI is InChI=1S/C31H42N2O3/c34-18-14-24-12-16-32(17-13-24)31(35)27-10-11-30-28(22-27)21-25-6-4-7-26(20-25)23-33(29-8-5-9-29)15-2-1-3-19-36-30/h4,6-7,10-11,20,22,24,29,34H,1-3,5,8-9,12-19,21,23H2. The largest absolute Gasteiger partial charge is 0.493 e. The second kappa shape index (κ2) is 12.2. The number of nitrogens with zero attached hydrogens (tertiary/aromatic N) is 2. The van der Waals surface area contributed by atoms with Crippen LogP contribution in [-0.2, 0) is 13.0 Å². The molecule has 1 saturated heterocycles. The first-order chi connectivity index (χ1) is 17.7. The monoisotopic (exact) mass is 490 g/mol. The molecular formula is C31H42N2O3. The summed E-state index contributed by atoms with van der Waals surface area (Å²) in [5.41, 5.74) is 4.52. The van der Waals surface area contributed by atoms with Crippen molar-refractivity contribution in [1.29, 1.82) is 0 Å². The fraction of sp³-hybridized carbons (Fsp3) is 0.581. The fourth-order valence-corrected chi connectivity index (χ4v) is 5.99. The molecule has 2 aromatic rings. The van der Waals surface area contributed by atoms with Gasteiger partial charge in [-0.05, 0) is 98.7 Å². The molecule has 2 fully saturated rings. The number of hydrogen-bond donors (Lipinski definition) is 1. The highest BCUT2D eigenvalue weighted by atomic mass is 16.5. The number of aliphatic hydroxyl groups excluding tert-OH is 1. The number of fused-ring (bicyclic) bond motifs is 3. The van der Waals surface area contributed by atoms with E-state index in [-0.39, 0.29) is 12.5 Å². The molecule has 2 bridgehead atoms. The number of likely N-dealkylation sites (tertiary alicyclic amines) is 1. The molecule has 0 atom stereocenters. The van der Waals surface area contributed by atoms with Gasteiger partial charge < -0.3 is 14.7 Å². The Morgan fingerprint density at radius 1 is 0.917 bits per heavy atom. The predicted molar refractivity (Wildman–Crippen MR) is 143 cm³/mol. The van der Waals surface area contributed by atoms with Gasteiger partial charge in [0.05, 0.1) is 6.61 Å². The summed E-state index contributed by atoms with van der Waals surface area (Å²) in [6, 6.07) is 15.8. The van der Waals surface area contributed by atoms with Crippen molar-refractivity contribution in [1.82, 2.24) is 9.80 Å². The zero-order valence-electron chi connectivity index (χ0n) is 21.7. The molecule has 0 aromatic heterocycles. The van der Waals surface area contributed by atoms with Gasteiger partial charge in [-0.1, -0.05) is 30.7 Å². The molecule has 2 heterocycles. The molecule has 1 aliphatic carbocycles. The smallest absolute Gasteiger partial charge is 0.253 e. The van der Waals surface area contributed by atoms with E-state index < -0.39 is 0 Å². The summed E-state index contributed by atoms with van der Waals surface area (Å²) in [6.45, 7) is 4.72. The molecule has 5 rings (SSSR count). The fourth-order valence-electron chi connectivity index (χ4n) is 5.99. The summed E-state index contributed by atoms with van der Waals surface area (Å²) >= 11 is 0. The number of rotatable bonds is 4. The van der Waals surface area contributed by atoms with Crippen molar-refractivity contribution >= 4 is 5.91 Å². The van der Waals surface area contributed by atoms with Crippen LogP contribution in [0.1, 0.15) is 84.8 Å². The molecule has 2 aliphatic heterocycles. The molecule has 5 heteroatoms. The first kappa shape index (κ1) is 25.3. The van der Waals surface area contributed by atoms with Crippen molar-refractivity contribution in [3.8, 4) is 5.75 Å². The van der Waals surface area contributed by atoms with Crippen LogP contribution in [0.25, 0.3) is 0 Å². The predicted octanol–water partition coefficient (Wildman–Crippen LogP) is 5.43. The number of benzene rings is 2. The number of carbonyl (C=O) groups excluding carboxylic acids is 1. The van der Waals surface area contributed by atoms with Gasteiger partial charge in [0, 0.05) is 44.3 Å². The van der Waals surface area contributed by atoms with Gasteiger partial charge in [0.1, 0.15) is 5.75 Å². The third-order valence-corrected chi connectivity index (χ3v) is 8.46. The number of carbonyl (C=O) groups is 1. The van der Waals surface area contributed by atoms with Crippen LogP contribution in [0.15, 0.2) is 42.5 Å². The maximum absolute atomic E-state index is 13.4. The Balaban J connectivity index is 1.35. The van der Waals surface area contributed by atoms with Crippen LogP contribution in [0.2, 0.25) is 0 Å². The Hall–Kier alpha value is -2.37. The van der Waals surface area contributed by atoms with Gasteiger partial charge in [-0.2, -0.15) is 0 Å². The quantitative estimate of drug-likeness (QED) is 0.621. The van der Waals surface area contributed by atoms with Crippen molar-refractivity contribution < 1.29 is 14.6 Å². The lowest BCUT2D eigenvalue weighted by Crippen LogP contribution is -2.40. The van der Waals surface area contributed by atoms with E-state index in [0.29, 0.717) is 5.92 Å². The Kier molecular flexibility index (Phi) is 8.60. The maximum atomic E-state index is 13.4. The minimum Gasteiger partial charge on any atom is -0.493 e. The minimum atomic E-state index is 0.115. The topological polar surface area (TPSA) is 53.0 Å². The highest BCUT2D eigenvalue weighted by Gasteiger charge is 2.26. The normalized spacial score (nSPS) is 20.6. The molecular weight excluding hydrogens is 448 g/mol. The van der Waals surface area contributed by atoms with Crippen LogP contribution >= 0.6 is 0 Å². The summed E-state index contributed by atoms with van der Waals surface area (Å²) < 4.78 is 6.27. The zero-order valence-corrected chi connectivity index (χ0v) is 21.7. The molecule has 5 nitrogen and oxygen atoms in total. The summed E-state index contributed by atoms with van der Waals surface area (Å²) in [4.78, 5) is 18.0. The third-order valence-electron chi connectivity index (χ3n) is 8.46. The van der Waals surface area contributed by atoms with Crippen LogP contribution in [-0.4, -0.2) is 59.7 Å². The average Bonchev–Trinajstić information content (AvgIpc) is 2.86. The molecule has 1 saturated carbocycles. The molecule has 1 N–H and O–H groups in total. The molecule has 0 radical (unpaired) electrons. The number of aliphatic hydroxyl groups is 1. The van der Waals surface area contributed by atoms with Crippen molar-refractivity contribution in [3.63, 3.8) is 0 Å². The lowest BCUT2D eigenvalue weighted by molar-refractivity contribution is 0.0678. The Labute approximate surface area is 216 Å². The number of piperidine rings is 1. The van der Waals surface area contributed by atoms with Gasteiger partial charge in [0.2, 0.25) is 0 Å². The van der Waals surface area contributed by atoms with Gasteiger partial charge in [-0.15, -0.1) is 0 Å². The molecule has 0 spiro atoms. The lowest BCUT2D eigenvalue weighted by Gasteiger charge is -2.38.